The standard InChI is InChI=1S/C14H14N2OS/c1-10-6-13(3-2-11(10)7-15)16-8-14(17)12-4-5-18-9-12/h2-6,9,14,16-17H,8H2,1H3. The Balaban J connectivity index is 1.99. The van der Waals surface area contributed by atoms with Crippen LogP contribution in [0.25, 0.3) is 0 Å². The normalized spacial score (nSPS) is 11.8. The summed E-state index contributed by atoms with van der Waals surface area (Å²) in [5, 5.41) is 25.8. The summed E-state index contributed by atoms with van der Waals surface area (Å²) < 4.78 is 0. The average Bonchev–Trinajstić information content (AvgIpc) is 2.90. The minimum Gasteiger partial charge on any atom is -0.387 e. The summed E-state index contributed by atoms with van der Waals surface area (Å²) >= 11 is 1.57. The SMILES string of the molecule is Cc1cc(NCC(O)c2ccsc2)ccc1C#N. The summed E-state index contributed by atoms with van der Waals surface area (Å²) in [5.74, 6) is 0. The molecule has 0 bridgehead atoms. The number of aliphatic hydroxyl groups excluding tert-OH is 1. The van der Waals surface area contributed by atoms with Crippen molar-refractivity contribution in [2.75, 3.05) is 11.9 Å². The van der Waals surface area contributed by atoms with Crippen LogP contribution < -0.4 is 5.32 Å². The van der Waals surface area contributed by atoms with Crippen LogP contribution in [0.4, 0.5) is 5.69 Å². The number of nitrogens with zero attached hydrogens (tertiary/aromatic N) is 1. The average molecular weight is 258 g/mol. The van der Waals surface area contributed by atoms with Gasteiger partial charge in [-0.15, -0.1) is 0 Å². The lowest BCUT2D eigenvalue weighted by Crippen LogP contribution is -2.11. The van der Waals surface area contributed by atoms with Gasteiger partial charge in [0, 0.05) is 12.2 Å². The molecule has 0 radical (unpaired) electrons. The van der Waals surface area contributed by atoms with Gasteiger partial charge in [-0.05, 0) is 53.1 Å². The first-order valence-electron chi connectivity index (χ1n) is 5.65. The van der Waals surface area contributed by atoms with E-state index in [2.05, 4.69) is 11.4 Å². The lowest BCUT2D eigenvalue weighted by Gasteiger charge is -2.12. The Hall–Kier alpha value is -1.83. The van der Waals surface area contributed by atoms with Gasteiger partial charge < -0.3 is 10.4 Å². The van der Waals surface area contributed by atoms with E-state index in [1.54, 1.807) is 17.4 Å². The molecule has 2 aromatic rings. The van der Waals surface area contributed by atoms with Crippen molar-refractivity contribution in [2.24, 2.45) is 0 Å². The molecule has 0 aliphatic rings. The Bertz CT molecular complexity index is 558. The third kappa shape index (κ3) is 2.89. The van der Waals surface area contributed by atoms with E-state index in [0.29, 0.717) is 12.1 Å². The van der Waals surface area contributed by atoms with E-state index in [9.17, 15) is 5.11 Å². The van der Waals surface area contributed by atoms with Crippen molar-refractivity contribution in [1.82, 2.24) is 0 Å². The summed E-state index contributed by atoms with van der Waals surface area (Å²) in [6.45, 7) is 2.36. The molecule has 2 N–H and O–H groups in total. The van der Waals surface area contributed by atoms with Crippen molar-refractivity contribution in [1.29, 1.82) is 5.26 Å². The maximum absolute atomic E-state index is 9.93. The number of benzene rings is 1. The van der Waals surface area contributed by atoms with Gasteiger partial charge >= 0.3 is 0 Å². The molecule has 0 amide bonds. The molecule has 92 valence electrons. The van der Waals surface area contributed by atoms with Crippen molar-refractivity contribution >= 4 is 17.0 Å². The Kier molecular flexibility index (Phi) is 3.98. The van der Waals surface area contributed by atoms with Crippen molar-refractivity contribution in [3.05, 3.63) is 51.7 Å². The smallest absolute Gasteiger partial charge is 0.0994 e. The van der Waals surface area contributed by atoms with Gasteiger partial charge in [-0.2, -0.15) is 16.6 Å². The number of aryl methyl sites for hydroxylation is 1. The predicted molar refractivity (Wildman–Crippen MR) is 73.7 cm³/mol. The summed E-state index contributed by atoms with van der Waals surface area (Å²) in [4.78, 5) is 0. The van der Waals surface area contributed by atoms with Crippen LogP contribution in [0.1, 0.15) is 22.8 Å². The minimum atomic E-state index is -0.507. The zero-order chi connectivity index (χ0) is 13.0. The monoisotopic (exact) mass is 258 g/mol. The van der Waals surface area contributed by atoms with Crippen molar-refractivity contribution < 1.29 is 5.11 Å². The number of nitriles is 1. The van der Waals surface area contributed by atoms with E-state index < -0.39 is 6.10 Å². The second-order valence-corrected chi connectivity index (χ2v) is 4.87. The number of aliphatic hydroxyl groups is 1. The summed E-state index contributed by atoms with van der Waals surface area (Å²) in [5.41, 5.74) is 3.46. The molecule has 0 fully saturated rings. The Labute approximate surface area is 110 Å². The minimum absolute atomic E-state index is 0.460. The Morgan fingerprint density at radius 2 is 2.28 bits per heavy atom. The first-order valence-corrected chi connectivity index (χ1v) is 6.60. The van der Waals surface area contributed by atoms with Crippen molar-refractivity contribution in [3.8, 4) is 6.07 Å². The lowest BCUT2D eigenvalue weighted by atomic mass is 10.1. The third-order valence-corrected chi connectivity index (χ3v) is 3.48. The molecule has 4 heteroatoms. The molecule has 1 unspecified atom stereocenters. The van der Waals surface area contributed by atoms with Gasteiger partial charge in [0.25, 0.3) is 0 Å². The van der Waals surface area contributed by atoms with E-state index >= 15 is 0 Å². The van der Waals surface area contributed by atoms with Crippen LogP contribution >= 0.6 is 11.3 Å². The topological polar surface area (TPSA) is 56.0 Å². The fraction of sp³-hybridized carbons (Fsp3) is 0.214. The van der Waals surface area contributed by atoms with Crippen LogP contribution in [-0.2, 0) is 0 Å². The molecule has 3 nitrogen and oxygen atoms in total. The molecular formula is C14H14N2OS. The first kappa shape index (κ1) is 12.6. The fourth-order valence-electron chi connectivity index (χ4n) is 1.70. The van der Waals surface area contributed by atoms with Gasteiger partial charge in [-0.25, -0.2) is 0 Å². The van der Waals surface area contributed by atoms with E-state index in [4.69, 9.17) is 5.26 Å². The molecule has 18 heavy (non-hydrogen) atoms. The van der Waals surface area contributed by atoms with Crippen LogP contribution in [0.2, 0.25) is 0 Å². The van der Waals surface area contributed by atoms with E-state index in [0.717, 1.165) is 16.8 Å². The molecule has 1 aromatic carbocycles. The highest BCUT2D eigenvalue weighted by molar-refractivity contribution is 7.07. The highest BCUT2D eigenvalue weighted by atomic mass is 32.1. The number of anilines is 1. The van der Waals surface area contributed by atoms with Gasteiger partial charge in [0.05, 0.1) is 17.7 Å². The number of thiophene rings is 1. The van der Waals surface area contributed by atoms with Crippen LogP contribution in [0.15, 0.2) is 35.0 Å². The summed E-state index contributed by atoms with van der Waals surface area (Å²) in [6.07, 6.45) is -0.507. The van der Waals surface area contributed by atoms with Gasteiger partial charge in [0.1, 0.15) is 0 Å². The quantitative estimate of drug-likeness (QED) is 0.886. The number of hydrogen-bond acceptors (Lipinski definition) is 4. The fourth-order valence-corrected chi connectivity index (χ4v) is 2.40. The maximum Gasteiger partial charge on any atom is 0.0994 e. The molecule has 0 aliphatic carbocycles. The molecule has 0 aliphatic heterocycles. The lowest BCUT2D eigenvalue weighted by molar-refractivity contribution is 0.192. The van der Waals surface area contributed by atoms with Crippen LogP contribution in [-0.4, -0.2) is 11.7 Å². The Morgan fingerprint density at radius 1 is 1.44 bits per heavy atom. The zero-order valence-corrected chi connectivity index (χ0v) is 10.9. The predicted octanol–water partition coefficient (Wildman–Crippen LogP) is 3.07. The van der Waals surface area contributed by atoms with E-state index in [1.807, 2.05) is 35.9 Å². The van der Waals surface area contributed by atoms with E-state index in [1.165, 1.54) is 0 Å². The Morgan fingerprint density at radius 3 is 2.89 bits per heavy atom. The van der Waals surface area contributed by atoms with E-state index in [-0.39, 0.29) is 0 Å². The molecule has 1 atom stereocenters. The van der Waals surface area contributed by atoms with Crippen LogP contribution in [0.5, 0.6) is 0 Å². The zero-order valence-electron chi connectivity index (χ0n) is 10.1. The highest BCUT2D eigenvalue weighted by Gasteiger charge is 2.07. The van der Waals surface area contributed by atoms with Crippen LogP contribution in [0.3, 0.4) is 0 Å². The summed E-state index contributed by atoms with van der Waals surface area (Å²) in [7, 11) is 0. The molecule has 1 heterocycles. The number of rotatable bonds is 4. The largest absolute Gasteiger partial charge is 0.387 e. The molecule has 0 saturated carbocycles. The number of nitrogens with one attached hydrogen (secondary N) is 1. The number of hydrogen-bond donors (Lipinski definition) is 2. The van der Waals surface area contributed by atoms with Gasteiger partial charge in [-0.1, -0.05) is 0 Å². The first-order chi connectivity index (χ1) is 8.70. The second-order valence-electron chi connectivity index (χ2n) is 4.09. The molecule has 0 saturated heterocycles. The summed E-state index contributed by atoms with van der Waals surface area (Å²) in [6, 6.07) is 9.61. The highest BCUT2D eigenvalue weighted by Crippen LogP contribution is 2.18. The van der Waals surface area contributed by atoms with Gasteiger partial charge in [-0.3, -0.25) is 0 Å². The van der Waals surface area contributed by atoms with Gasteiger partial charge in [0.2, 0.25) is 0 Å². The van der Waals surface area contributed by atoms with Crippen molar-refractivity contribution in [3.63, 3.8) is 0 Å². The molecule has 0 spiro atoms. The van der Waals surface area contributed by atoms with Crippen LogP contribution in [0, 0.1) is 18.3 Å². The maximum atomic E-state index is 9.93. The molecule has 1 aromatic heterocycles. The second kappa shape index (κ2) is 5.67. The third-order valence-electron chi connectivity index (χ3n) is 2.77. The van der Waals surface area contributed by atoms with Crippen molar-refractivity contribution in [2.45, 2.75) is 13.0 Å². The molecular weight excluding hydrogens is 244 g/mol. The molecule has 2 rings (SSSR count). The van der Waals surface area contributed by atoms with Gasteiger partial charge in [0.15, 0.2) is 0 Å².